The molecule has 0 spiro atoms. The first-order chi connectivity index (χ1) is 8.80. The monoisotopic (exact) mass is 255 g/mol. The van der Waals surface area contributed by atoms with Crippen LogP contribution in [0.3, 0.4) is 0 Å². The molecule has 0 aromatic heterocycles. The lowest BCUT2D eigenvalue weighted by Gasteiger charge is -2.23. The number of hydrogen-bond acceptors (Lipinski definition) is 3. The Kier molecular flexibility index (Phi) is 8.64. The van der Waals surface area contributed by atoms with Crippen molar-refractivity contribution in [3.8, 4) is 0 Å². The predicted octanol–water partition coefficient (Wildman–Crippen LogP) is 2.04. The molecule has 1 fully saturated rings. The number of likely N-dealkylation sites (N-methyl/N-ethyl adjacent to an activating group) is 1. The van der Waals surface area contributed by atoms with Crippen molar-refractivity contribution in [3.63, 3.8) is 0 Å². The Hall–Kier alpha value is -0.120. The van der Waals surface area contributed by atoms with Crippen LogP contribution in [0.4, 0.5) is 0 Å². The lowest BCUT2D eigenvalue weighted by atomic mass is 10.1. The predicted molar refractivity (Wildman–Crippen MR) is 80.1 cm³/mol. The van der Waals surface area contributed by atoms with Gasteiger partial charge in [-0.05, 0) is 57.9 Å². The zero-order valence-electron chi connectivity index (χ0n) is 12.7. The molecule has 0 saturated carbocycles. The highest BCUT2D eigenvalue weighted by molar-refractivity contribution is 4.77. The average molecular weight is 255 g/mol. The molecule has 1 aliphatic heterocycles. The maximum Gasteiger partial charge on any atom is 0.0109 e. The fraction of sp³-hybridized carbons (Fsp3) is 1.00. The average Bonchev–Trinajstić information content (AvgIpc) is 2.83. The molecule has 1 saturated heterocycles. The first-order valence-electron chi connectivity index (χ1n) is 7.95. The van der Waals surface area contributed by atoms with E-state index in [2.05, 4.69) is 35.9 Å². The molecule has 0 aromatic carbocycles. The van der Waals surface area contributed by atoms with Crippen LogP contribution in [0.5, 0.6) is 0 Å². The van der Waals surface area contributed by atoms with Crippen molar-refractivity contribution in [2.75, 3.05) is 52.4 Å². The summed E-state index contributed by atoms with van der Waals surface area (Å²) in [7, 11) is 0. The number of nitrogens with one attached hydrogen (secondary N) is 1. The normalized spacial score (nSPS) is 21.0. The van der Waals surface area contributed by atoms with Crippen LogP contribution in [0, 0.1) is 5.92 Å². The van der Waals surface area contributed by atoms with E-state index in [0.717, 1.165) is 5.92 Å². The minimum Gasteiger partial charge on any atom is -0.316 e. The van der Waals surface area contributed by atoms with Crippen LogP contribution in [-0.2, 0) is 0 Å². The van der Waals surface area contributed by atoms with Gasteiger partial charge in [-0.1, -0.05) is 20.8 Å². The van der Waals surface area contributed by atoms with Crippen LogP contribution in [0.25, 0.3) is 0 Å². The third kappa shape index (κ3) is 6.17. The van der Waals surface area contributed by atoms with Crippen molar-refractivity contribution in [1.29, 1.82) is 0 Å². The molecular formula is C15H33N3. The van der Waals surface area contributed by atoms with Crippen LogP contribution < -0.4 is 5.32 Å². The summed E-state index contributed by atoms with van der Waals surface area (Å²) in [6, 6.07) is 0. The van der Waals surface area contributed by atoms with Crippen molar-refractivity contribution in [1.82, 2.24) is 15.1 Å². The van der Waals surface area contributed by atoms with Crippen molar-refractivity contribution in [2.24, 2.45) is 5.92 Å². The second-order valence-electron chi connectivity index (χ2n) is 5.59. The maximum atomic E-state index is 3.56. The molecule has 0 aromatic rings. The Bertz CT molecular complexity index is 196. The minimum absolute atomic E-state index is 0.887. The molecule has 0 radical (unpaired) electrons. The summed E-state index contributed by atoms with van der Waals surface area (Å²) in [5.41, 5.74) is 0. The Morgan fingerprint density at radius 1 is 1.17 bits per heavy atom. The van der Waals surface area contributed by atoms with Gasteiger partial charge in [-0.25, -0.2) is 0 Å². The summed E-state index contributed by atoms with van der Waals surface area (Å²) >= 11 is 0. The Morgan fingerprint density at radius 2 is 2.00 bits per heavy atom. The minimum atomic E-state index is 0.887. The summed E-state index contributed by atoms with van der Waals surface area (Å²) in [4.78, 5) is 5.22. The summed E-state index contributed by atoms with van der Waals surface area (Å²) in [5, 5.41) is 3.56. The van der Waals surface area contributed by atoms with E-state index >= 15 is 0 Å². The Balaban J connectivity index is 2.10. The van der Waals surface area contributed by atoms with E-state index in [4.69, 9.17) is 0 Å². The zero-order valence-corrected chi connectivity index (χ0v) is 12.7. The van der Waals surface area contributed by atoms with Gasteiger partial charge < -0.3 is 15.1 Å². The highest BCUT2D eigenvalue weighted by Gasteiger charge is 2.21. The molecular weight excluding hydrogens is 222 g/mol. The van der Waals surface area contributed by atoms with Crippen molar-refractivity contribution in [2.45, 2.75) is 40.0 Å². The van der Waals surface area contributed by atoms with Crippen LogP contribution in [0.2, 0.25) is 0 Å². The van der Waals surface area contributed by atoms with Gasteiger partial charge >= 0.3 is 0 Å². The molecule has 3 nitrogen and oxygen atoms in total. The topological polar surface area (TPSA) is 18.5 Å². The Morgan fingerprint density at radius 3 is 2.67 bits per heavy atom. The molecule has 3 heteroatoms. The smallest absolute Gasteiger partial charge is 0.0109 e. The van der Waals surface area contributed by atoms with Gasteiger partial charge in [0.15, 0.2) is 0 Å². The van der Waals surface area contributed by atoms with Crippen molar-refractivity contribution in [3.05, 3.63) is 0 Å². The molecule has 1 unspecified atom stereocenters. The van der Waals surface area contributed by atoms with Gasteiger partial charge in [0.2, 0.25) is 0 Å². The van der Waals surface area contributed by atoms with Gasteiger partial charge in [0.1, 0.15) is 0 Å². The molecule has 18 heavy (non-hydrogen) atoms. The number of hydrogen-bond donors (Lipinski definition) is 1. The molecule has 1 atom stereocenters. The quantitative estimate of drug-likeness (QED) is 0.603. The fourth-order valence-electron chi connectivity index (χ4n) is 2.79. The van der Waals surface area contributed by atoms with Gasteiger partial charge in [-0.2, -0.15) is 0 Å². The van der Waals surface area contributed by atoms with E-state index in [0.29, 0.717) is 0 Å². The lowest BCUT2D eigenvalue weighted by molar-refractivity contribution is 0.229. The molecule has 1 N–H and O–H groups in total. The first kappa shape index (κ1) is 15.9. The third-order valence-corrected chi connectivity index (χ3v) is 3.95. The number of rotatable bonds is 10. The van der Waals surface area contributed by atoms with E-state index in [9.17, 15) is 0 Å². The zero-order chi connectivity index (χ0) is 13.2. The third-order valence-electron chi connectivity index (χ3n) is 3.95. The largest absolute Gasteiger partial charge is 0.316 e. The summed E-state index contributed by atoms with van der Waals surface area (Å²) in [5.74, 6) is 0.887. The first-order valence-corrected chi connectivity index (χ1v) is 7.95. The van der Waals surface area contributed by atoms with Crippen LogP contribution in [0.1, 0.15) is 40.0 Å². The van der Waals surface area contributed by atoms with E-state index in [1.165, 1.54) is 71.6 Å². The standard InChI is InChI=1S/C15H33N3/c1-4-8-16-13-15-7-10-18(14-15)12-11-17(6-3)9-5-2/h15-16H,4-14H2,1-3H3. The summed E-state index contributed by atoms with van der Waals surface area (Å²) < 4.78 is 0. The fourth-order valence-corrected chi connectivity index (χ4v) is 2.79. The van der Waals surface area contributed by atoms with E-state index in [-0.39, 0.29) is 0 Å². The number of nitrogens with zero attached hydrogens (tertiary/aromatic N) is 2. The molecule has 1 rings (SSSR count). The maximum absolute atomic E-state index is 3.56. The van der Waals surface area contributed by atoms with Crippen molar-refractivity contribution >= 4 is 0 Å². The molecule has 0 amide bonds. The highest BCUT2D eigenvalue weighted by Crippen LogP contribution is 2.14. The SMILES string of the molecule is CCCNCC1CCN(CCN(CC)CCC)C1. The van der Waals surface area contributed by atoms with Crippen LogP contribution in [0.15, 0.2) is 0 Å². The highest BCUT2D eigenvalue weighted by atomic mass is 15.2. The van der Waals surface area contributed by atoms with Crippen molar-refractivity contribution < 1.29 is 0 Å². The Labute approximate surface area is 114 Å². The molecule has 0 aliphatic carbocycles. The molecule has 1 aliphatic rings. The molecule has 1 heterocycles. The van der Waals surface area contributed by atoms with Gasteiger partial charge in [0, 0.05) is 19.6 Å². The second-order valence-corrected chi connectivity index (χ2v) is 5.59. The second kappa shape index (κ2) is 9.76. The molecule has 108 valence electrons. The summed E-state index contributed by atoms with van der Waals surface area (Å²) in [6.45, 7) is 16.8. The molecule has 0 bridgehead atoms. The van der Waals surface area contributed by atoms with Crippen LogP contribution in [-0.4, -0.2) is 62.2 Å². The van der Waals surface area contributed by atoms with E-state index < -0.39 is 0 Å². The van der Waals surface area contributed by atoms with Gasteiger partial charge in [0.25, 0.3) is 0 Å². The van der Waals surface area contributed by atoms with E-state index in [1.807, 2.05) is 0 Å². The summed E-state index contributed by atoms with van der Waals surface area (Å²) in [6.07, 6.45) is 3.91. The van der Waals surface area contributed by atoms with Gasteiger partial charge in [-0.3, -0.25) is 0 Å². The van der Waals surface area contributed by atoms with Gasteiger partial charge in [0.05, 0.1) is 0 Å². The van der Waals surface area contributed by atoms with E-state index in [1.54, 1.807) is 0 Å². The van der Waals surface area contributed by atoms with Gasteiger partial charge in [-0.15, -0.1) is 0 Å². The number of likely N-dealkylation sites (tertiary alicyclic amines) is 1. The van der Waals surface area contributed by atoms with Crippen LogP contribution >= 0.6 is 0 Å². The lowest BCUT2D eigenvalue weighted by Crippen LogP contribution is -2.35.